The lowest BCUT2D eigenvalue weighted by molar-refractivity contribution is -0.115. The fourth-order valence-electron chi connectivity index (χ4n) is 2.59. The monoisotopic (exact) mass is 399 g/mol. The molecule has 0 atom stereocenters. The first-order valence-electron chi connectivity index (χ1n) is 8.89. The van der Waals surface area contributed by atoms with Crippen molar-refractivity contribution in [2.24, 2.45) is 0 Å². The average Bonchev–Trinajstić information content (AvgIpc) is 2.97. The van der Waals surface area contributed by atoms with Crippen LogP contribution in [-0.4, -0.2) is 31.0 Å². The Bertz CT molecular complexity index is 909. The van der Waals surface area contributed by atoms with Gasteiger partial charge in [0, 0.05) is 0 Å². The molecule has 2 aromatic carbocycles. The van der Waals surface area contributed by atoms with E-state index in [0.717, 1.165) is 28.6 Å². The van der Waals surface area contributed by atoms with Gasteiger partial charge in [-0.05, 0) is 67.1 Å². The van der Waals surface area contributed by atoms with Crippen molar-refractivity contribution in [1.29, 1.82) is 0 Å². The van der Waals surface area contributed by atoms with Crippen molar-refractivity contribution < 1.29 is 23.8 Å². The number of imide groups is 1. The summed E-state index contributed by atoms with van der Waals surface area (Å²) in [5.41, 5.74) is 1.89. The van der Waals surface area contributed by atoms with Gasteiger partial charge in [0.2, 0.25) is 0 Å². The van der Waals surface area contributed by atoms with E-state index in [2.05, 4.69) is 5.32 Å². The van der Waals surface area contributed by atoms with E-state index in [0.29, 0.717) is 36.2 Å². The van der Waals surface area contributed by atoms with Crippen molar-refractivity contribution in [2.75, 3.05) is 19.8 Å². The first kappa shape index (κ1) is 19.8. The molecule has 1 aliphatic rings. The Hall–Kier alpha value is -2.93. The van der Waals surface area contributed by atoms with Crippen LogP contribution in [0.1, 0.15) is 18.1 Å². The highest BCUT2D eigenvalue weighted by Crippen LogP contribution is 2.31. The highest BCUT2D eigenvalue weighted by atomic mass is 32.2. The molecule has 0 aliphatic carbocycles. The molecular formula is C21H21NO5S. The van der Waals surface area contributed by atoms with E-state index < -0.39 is 0 Å². The van der Waals surface area contributed by atoms with Crippen molar-refractivity contribution in [3.8, 4) is 17.2 Å². The molecule has 3 rings (SSSR count). The fourth-order valence-corrected chi connectivity index (χ4v) is 3.27. The average molecular weight is 399 g/mol. The minimum Gasteiger partial charge on any atom is -0.490 e. The van der Waals surface area contributed by atoms with Crippen LogP contribution in [0, 0.1) is 6.92 Å². The first-order chi connectivity index (χ1) is 13.5. The Morgan fingerprint density at radius 2 is 1.82 bits per heavy atom. The van der Waals surface area contributed by atoms with Crippen LogP contribution in [0.15, 0.2) is 47.4 Å². The van der Waals surface area contributed by atoms with E-state index in [1.165, 1.54) is 0 Å². The van der Waals surface area contributed by atoms with Crippen LogP contribution < -0.4 is 19.5 Å². The molecule has 0 bridgehead atoms. The van der Waals surface area contributed by atoms with E-state index in [9.17, 15) is 9.59 Å². The summed E-state index contributed by atoms with van der Waals surface area (Å²) in [5, 5.41) is 1.87. The molecular weight excluding hydrogens is 378 g/mol. The summed E-state index contributed by atoms with van der Waals surface area (Å²) in [5.74, 6) is 1.58. The van der Waals surface area contributed by atoms with E-state index in [1.807, 2.05) is 44.2 Å². The maximum Gasteiger partial charge on any atom is 0.290 e. The smallest absolute Gasteiger partial charge is 0.290 e. The maximum atomic E-state index is 11.7. The van der Waals surface area contributed by atoms with Crippen molar-refractivity contribution in [3.63, 3.8) is 0 Å². The number of nitrogens with one attached hydrogen (secondary N) is 1. The second kappa shape index (κ2) is 9.32. The fraction of sp³-hybridized carbons (Fsp3) is 0.238. The molecule has 1 N–H and O–H groups in total. The van der Waals surface area contributed by atoms with Crippen molar-refractivity contribution in [1.82, 2.24) is 5.32 Å². The zero-order valence-electron chi connectivity index (χ0n) is 15.7. The predicted octanol–water partition coefficient (Wildman–Crippen LogP) is 4.18. The molecule has 146 valence electrons. The lowest BCUT2D eigenvalue weighted by atomic mass is 10.2. The molecule has 0 aromatic heterocycles. The van der Waals surface area contributed by atoms with Gasteiger partial charge in [-0.15, -0.1) is 0 Å². The Morgan fingerprint density at radius 1 is 1.00 bits per heavy atom. The summed E-state index contributed by atoms with van der Waals surface area (Å²) >= 11 is 0.881. The van der Waals surface area contributed by atoms with Gasteiger partial charge in [-0.25, -0.2) is 0 Å². The summed E-state index contributed by atoms with van der Waals surface area (Å²) in [4.78, 5) is 23.3. The summed E-state index contributed by atoms with van der Waals surface area (Å²) < 4.78 is 17.1. The predicted molar refractivity (Wildman–Crippen MR) is 109 cm³/mol. The Balaban J connectivity index is 1.63. The molecule has 28 heavy (non-hydrogen) atoms. The normalized spacial score (nSPS) is 14.9. The van der Waals surface area contributed by atoms with Gasteiger partial charge >= 0.3 is 0 Å². The standard InChI is InChI=1S/C21H21NO5S/c1-3-25-18-12-15(13-19-20(23)22-21(24)28-19)7-8-17(18)27-10-9-26-16-6-4-5-14(2)11-16/h4-8,11-13H,3,9-10H2,1-2H3,(H,22,23,24)/b19-13-. The number of aryl methyl sites for hydroxylation is 1. The molecule has 6 nitrogen and oxygen atoms in total. The lowest BCUT2D eigenvalue weighted by Gasteiger charge is -2.13. The number of rotatable bonds is 8. The molecule has 1 fully saturated rings. The first-order valence-corrected chi connectivity index (χ1v) is 9.71. The third-order valence-corrected chi connectivity index (χ3v) is 4.62. The van der Waals surface area contributed by atoms with Crippen LogP contribution in [0.4, 0.5) is 4.79 Å². The van der Waals surface area contributed by atoms with E-state index in [4.69, 9.17) is 14.2 Å². The molecule has 0 saturated carbocycles. The van der Waals surface area contributed by atoms with Gasteiger partial charge in [0.25, 0.3) is 11.1 Å². The molecule has 1 heterocycles. The number of benzene rings is 2. The molecule has 2 aromatic rings. The number of hydrogen-bond acceptors (Lipinski definition) is 6. The summed E-state index contributed by atoms with van der Waals surface area (Å²) in [6, 6.07) is 13.2. The Kier molecular flexibility index (Phi) is 6.60. The zero-order chi connectivity index (χ0) is 19.9. The number of amides is 2. The number of thioether (sulfide) groups is 1. The molecule has 0 radical (unpaired) electrons. The van der Waals surface area contributed by atoms with Gasteiger partial charge in [0.05, 0.1) is 11.5 Å². The maximum absolute atomic E-state index is 11.7. The molecule has 1 aliphatic heterocycles. The van der Waals surface area contributed by atoms with Crippen molar-refractivity contribution >= 4 is 29.0 Å². The van der Waals surface area contributed by atoms with Crippen LogP contribution in [0.5, 0.6) is 17.2 Å². The van der Waals surface area contributed by atoms with Gasteiger partial charge in [-0.1, -0.05) is 18.2 Å². The van der Waals surface area contributed by atoms with Gasteiger partial charge in [0.1, 0.15) is 19.0 Å². The largest absolute Gasteiger partial charge is 0.490 e. The molecule has 0 unspecified atom stereocenters. The van der Waals surface area contributed by atoms with Gasteiger partial charge in [-0.2, -0.15) is 0 Å². The second-order valence-electron chi connectivity index (χ2n) is 6.00. The zero-order valence-corrected chi connectivity index (χ0v) is 16.5. The van der Waals surface area contributed by atoms with Crippen LogP contribution in [0.2, 0.25) is 0 Å². The summed E-state index contributed by atoms with van der Waals surface area (Å²) in [6.45, 7) is 5.14. The summed E-state index contributed by atoms with van der Waals surface area (Å²) in [7, 11) is 0. The number of ether oxygens (including phenoxy) is 3. The minimum atomic E-state index is -0.387. The van der Waals surface area contributed by atoms with E-state index in [-0.39, 0.29) is 11.1 Å². The third-order valence-electron chi connectivity index (χ3n) is 3.81. The topological polar surface area (TPSA) is 73.9 Å². The Morgan fingerprint density at radius 3 is 2.54 bits per heavy atom. The van der Waals surface area contributed by atoms with Gasteiger partial charge < -0.3 is 14.2 Å². The van der Waals surface area contributed by atoms with Crippen molar-refractivity contribution in [2.45, 2.75) is 13.8 Å². The number of carbonyl (C=O) groups excluding carboxylic acids is 2. The van der Waals surface area contributed by atoms with Crippen LogP contribution in [0.3, 0.4) is 0 Å². The van der Waals surface area contributed by atoms with Crippen molar-refractivity contribution in [3.05, 3.63) is 58.5 Å². The second-order valence-corrected chi connectivity index (χ2v) is 7.02. The van der Waals surface area contributed by atoms with Gasteiger partial charge in [-0.3, -0.25) is 14.9 Å². The Labute approximate surface area is 167 Å². The molecule has 0 spiro atoms. The molecule has 2 amide bonds. The third kappa shape index (κ3) is 5.29. The van der Waals surface area contributed by atoms with E-state index in [1.54, 1.807) is 18.2 Å². The molecule has 7 heteroatoms. The highest BCUT2D eigenvalue weighted by Gasteiger charge is 2.25. The van der Waals surface area contributed by atoms with Crippen LogP contribution >= 0.6 is 11.8 Å². The van der Waals surface area contributed by atoms with Gasteiger partial charge in [0.15, 0.2) is 11.5 Å². The molecule has 1 saturated heterocycles. The lowest BCUT2D eigenvalue weighted by Crippen LogP contribution is -2.17. The number of carbonyl (C=O) groups is 2. The highest BCUT2D eigenvalue weighted by molar-refractivity contribution is 8.18. The minimum absolute atomic E-state index is 0.354. The summed E-state index contributed by atoms with van der Waals surface area (Å²) in [6.07, 6.45) is 1.65. The van der Waals surface area contributed by atoms with Crippen LogP contribution in [0.25, 0.3) is 6.08 Å². The van der Waals surface area contributed by atoms with E-state index >= 15 is 0 Å². The SMILES string of the molecule is CCOc1cc(/C=C2\SC(=O)NC2=O)ccc1OCCOc1cccc(C)c1. The quantitative estimate of drug-likeness (QED) is 0.530. The number of hydrogen-bond donors (Lipinski definition) is 1. The van der Waals surface area contributed by atoms with Crippen LogP contribution in [-0.2, 0) is 4.79 Å².